The minimum absolute atomic E-state index is 0.119. The second-order valence-corrected chi connectivity index (χ2v) is 5.90. The summed E-state index contributed by atoms with van der Waals surface area (Å²) < 4.78 is 0. The number of benzene rings is 2. The molecule has 0 saturated heterocycles. The zero-order valence-corrected chi connectivity index (χ0v) is 14.2. The van der Waals surface area contributed by atoms with Crippen molar-refractivity contribution < 1.29 is 5.11 Å². The van der Waals surface area contributed by atoms with E-state index in [1.165, 1.54) is 0 Å². The average Bonchev–Trinajstić information content (AvgIpc) is 2.50. The Morgan fingerprint density at radius 3 is 2.55 bits per heavy atom. The topological polar surface area (TPSA) is 35.5 Å². The van der Waals surface area contributed by atoms with E-state index in [0.29, 0.717) is 16.6 Å². The first-order chi connectivity index (χ1) is 10.5. The summed E-state index contributed by atoms with van der Waals surface area (Å²) >= 11 is 11.4. The molecule has 0 unspecified atom stereocenters. The number of hydrogen-bond donors (Lipinski definition) is 2. The van der Waals surface area contributed by atoms with Crippen LogP contribution in [0, 0.1) is 6.92 Å². The van der Waals surface area contributed by atoms with Gasteiger partial charge in [0.25, 0.3) is 0 Å². The van der Waals surface area contributed by atoms with Gasteiger partial charge in [-0.2, -0.15) is 0 Å². The molecule has 0 spiro atoms. The van der Waals surface area contributed by atoms with Crippen molar-refractivity contribution in [3.8, 4) is 0 Å². The third kappa shape index (κ3) is 3.97. The van der Waals surface area contributed by atoms with Gasteiger partial charge in [0.15, 0.2) is 0 Å². The van der Waals surface area contributed by atoms with Gasteiger partial charge in [0.05, 0.1) is 6.61 Å². The molecule has 2 rings (SSSR count). The molecule has 5 heteroatoms. The third-order valence-electron chi connectivity index (χ3n) is 3.50. The Kier molecular flexibility index (Phi) is 5.77. The van der Waals surface area contributed by atoms with Crippen molar-refractivity contribution in [2.45, 2.75) is 6.92 Å². The number of nitrogens with one attached hydrogen (secondary N) is 1. The monoisotopic (exact) mass is 334 g/mol. The van der Waals surface area contributed by atoms with E-state index in [9.17, 15) is 0 Å². The lowest BCUT2D eigenvalue weighted by molar-refractivity contribution is 0.304. The predicted octanol–water partition coefficient (Wildman–Crippen LogP) is 3.86. The van der Waals surface area contributed by atoms with Crippen LogP contribution in [0.4, 0.5) is 11.4 Å². The highest BCUT2D eigenvalue weighted by Crippen LogP contribution is 2.23. The van der Waals surface area contributed by atoms with E-state index in [1.54, 1.807) is 0 Å². The Morgan fingerprint density at radius 2 is 1.91 bits per heavy atom. The molecule has 0 atom stereocenters. The van der Waals surface area contributed by atoms with Gasteiger partial charge >= 0.3 is 0 Å². The molecular formula is C17H19ClN2OS. The quantitative estimate of drug-likeness (QED) is 0.814. The second-order valence-electron chi connectivity index (χ2n) is 5.06. The normalized spacial score (nSPS) is 10.4. The van der Waals surface area contributed by atoms with Crippen molar-refractivity contribution in [3.05, 3.63) is 58.6 Å². The molecule has 2 aromatic rings. The van der Waals surface area contributed by atoms with Crippen LogP contribution in [-0.2, 0) is 0 Å². The van der Waals surface area contributed by atoms with Crippen molar-refractivity contribution in [2.75, 3.05) is 30.4 Å². The van der Waals surface area contributed by atoms with E-state index in [2.05, 4.69) is 5.32 Å². The molecule has 0 aliphatic carbocycles. The van der Waals surface area contributed by atoms with Gasteiger partial charge in [-0.3, -0.25) is 0 Å². The molecule has 0 radical (unpaired) electrons. The Hall–Kier alpha value is -1.62. The summed E-state index contributed by atoms with van der Waals surface area (Å²) in [7, 11) is 1.96. The molecule has 0 amide bonds. The number of aliphatic hydroxyl groups excluding tert-OH is 1. The number of anilines is 2. The van der Waals surface area contributed by atoms with Crippen LogP contribution in [0.5, 0.6) is 0 Å². The first-order valence-electron chi connectivity index (χ1n) is 7.01. The van der Waals surface area contributed by atoms with E-state index in [1.807, 2.05) is 61.3 Å². The predicted molar refractivity (Wildman–Crippen MR) is 98.3 cm³/mol. The van der Waals surface area contributed by atoms with Crippen LogP contribution in [0.25, 0.3) is 0 Å². The third-order valence-corrected chi connectivity index (χ3v) is 4.07. The number of nitrogens with zero attached hydrogens (tertiary/aromatic N) is 1. The number of halogens is 1. The van der Waals surface area contributed by atoms with Gasteiger partial charge in [0.1, 0.15) is 4.99 Å². The first kappa shape index (κ1) is 16.7. The largest absolute Gasteiger partial charge is 0.395 e. The lowest BCUT2D eigenvalue weighted by Gasteiger charge is -2.22. The van der Waals surface area contributed by atoms with Crippen LogP contribution in [-0.4, -0.2) is 30.3 Å². The number of rotatable bonds is 5. The standard InChI is InChI=1S/C17H19ClN2OS/c1-12-15(4-3-5-16(12)20(2)10-11-21)17(22)19-14-8-6-13(18)7-9-14/h3-9,21H,10-11H2,1-2H3,(H,19,22). The zero-order chi connectivity index (χ0) is 16.1. The first-order valence-corrected chi connectivity index (χ1v) is 7.80. The number of thiocarbonyl (C=S) groups is 1. The van der Waals surface area contributed by atoms with Gasteiger partial charge in [-0.15, -0.1) is 0 Å². The van der Waals surface area contributed by atoms with E-state index >= 15 is 0 Å². The minimum Gasteiger partial charge on any atom is -0.395 e. The molecule has 2 aromatic carbocycles. The molecular weight excluding hydrogens is 316 g/mol. The fourth-order valence-electron chi connectivity index (χ4n) is 2.29. The van der Waals surface area contributed by atoms with Crippen molar-refractivity contribution in [1.29, 1.82) is 0 Å². The van der Waals surface area contributed by atoms with Gasteiger partial charge in [-0.05, 0) is 42.8 Å². The van der Waals surface area contributed by atoms with Crippen LogP contribution in [0.1, 0.15) is 11.1 Å². The highest BCUT2D eigenvalue weighted by atomic mass is 35.5. The summed E-state index contributed by atoms with van der Waals surface area (Å²) in [4.78, 5) is 2.68. The minimum atomic E-state index is 0.119. The van der Waals surface area contributed by atoms with Gasteiger partial charge in [0.2, 0.25) is 0 Å². The van der Waals surface area contributed by atoms with Crippen LogP contribution in [0.3, 0.4) is 0 Å². The lowest BCUT2D eigenvalue weighted by atomic mass is 10.1. The van der Waals surface area contributed by atoms with Gasteiger partial charge in [-0.25, -0.2) is 0 Å². The molecule has 0 fully saturated rings. The number of likely N-dealkylation sites (N-methyl/N-ethyl adjacent to an activating group) is 1. The zero-order valence-electron chi connectivity index (χ0n) is 12.6. The summed E-state index contributed by atoms with van der Waals surface area (Å²) in [6.45, 7) is 2.74. The van der Waals surface area contributed by atoms with Gasteiger partial charge < -0.3 is 15.3 Å². The molecule has 0 saturated carbocycles. The molecule has 0 bridgehead atoms. The summed E-state index contributed by atoms with van der Waals surface area (Å²) in [6.07, 6.45) is 0. The SMILES string of the molecule is Cc1c(C(=S)Nc2ccc(Cl)cc2)cccc1N(C)CCO. The van der Waals surface area contributed by atoms with Crippen LogP contribution in [0.2, 0.25) is 5.02 Å². The fraction of sp³-hybridized carbons (Fsp3) is 0.235. The van der Waals surface area contributed by atoms with E-state index < -0.39 is 0 Å². The maximum absolute atomic E-state index is 9.09. The molecule has 2 N–H and O–H groups in total. The molecule has 0 aliphatic rings. The fourth-order valence-corrected chi connectivity index (χ4v) is 2.75. The number of aliphatic hydroxyl groups is 1. The van der Waals surface area contributed by atoms with Gasteiger partial charge in [0, 0.05) is 35.6 Å². The van der Waals surface area contributed by atoms with Crippen molar-refractivity contribution in [1.82, 2.24) is 0 Å². The van der Waals surface area contributed by atoms with E-state index in [0.717, 1.165) is 22.5 Å². The summed E-state index contributed by atoms with van der Waals surface area (Å²) in [5.41, 5.74) is 4.03. The Balaban J connectivity index is 2.22. The van der Waals surface area contributed by atoms with Crippen molar-refractivity contribution in [3.63, 3.8) is 0 Å². The van der Waals surface area contributed by atoms with Gasteiger partial charge in [-0.1, -0.05) is 36.0 Å². The number of hydrogen-bond acceptors (Lipinski definition) is 3. The van der Waals surface area contributed by atoms with Crippen LogP contribution in [0.15, 0.2) is 42.5 Å². The van der Waals surface area contributed by atoms with E-state index in [-0.39, 0.29) is 6.61 Å². The smallest absolute Gasteiger partial charge is 0.111 e. The highest BCUT2D eigenvalue weighted by molar-refractivity contribution is 7.81. The lowest BCUT2D eigenvalue weighted by Crippen LogP contribution is -2.23. The second kappa shape index (κ2) is 7.58. The maximum Gasteiger partial charge on any atom is 0.111 e. The van der Waals surface area contributed by atoms with E-state index in [4.69, 9.17) is 28.9 Å². The summed E-state index contributed by atoms with van der Waals surface area (Å²) in [5, 5.41) is 13.0. The highest BCUT2D eigenvalue weighted by Gasteiger charge is 2.11. The van der Waals surface area contributed by atoms with Crippen LogP contribution < -0.4 is 10.2 Å². The summed E-state index contributed by atoms with van der Waals surface area (Å²) in [5.74, 6) is 0. The molecule has 3 nitrogen and oxygen atoms in total. The van der Waals surface area contributed by atoms with Crippen molar-refractivity contribution >= 4 is 40.2 Å². The molecule has 0 heterocycles. The molecule has 22 heavy (non-hydrogen) atoms. The van der Waals surface area contributed by atoms with Crippen LogP contribution >= 0.6 is 23.8 Å². The Morgan fingerprint density at radius 1 is 1.23 bits per heavy atom. The summed E-state index contributed by atoms with van der Waals surface area (Å²) in [6, 6.07) is 13.4. The molecule has 0 aromatic heterocycles. The van der Waals surface area contributed by atoms with Crippen molar-refractivity contribution in [2.24, 2.45) is 0 Å². The Bertz CT molecular complexity index is 658. The Labute approximate surface area is 141 Å². The molecule has 0 aliphatic heterocycles. The average molecular weight is 335 g/mol. The molecule has 116 valence electrons. The maximum atomic E-state index is 9.09.